The summed E-state index contributed by atoms with van der Waals surface area (Å²) in [5, 5.41) is 23.5. The van der Waals surface area contributed by atoms with E-state index >= 15 is 0 Å². The largest absolute Gasteiger partial charge is 0.507 e. The third-order valence-corrected chi connectivity index (χ3v) is 5.91. The van der Waals surface area contributed by atoms with Gasteiger partial charge >= 0.3 is 0 Å². The van der Waals surface area contributed by atoms with E-state index in [4.69, 9.17) is 11.5 Å². The van der Waals surface area contributed by atoms with E-state index in [1.165, 1.54) is 21.4 Å². The topological polar surface area (TPSA) is 130 Å². The van der Waals surface area contributed by atoms with Gasteiger partial charge in [-0.1, -0.05) is 15.3 Å². The molecule has 1 saturated carbocycles. The summed E-state index contributed by atoms with van der Waals surface area (Å²) in [5.74, 6) is -0.196. The van der Waals surface area contributed by atoms with Crippen LogP contribution in [0.25, 0.3) is 21.5 Å². The lowest BCUT2D eigenvalue weighted by atomic mass is 10.0. The van der Waals surface area contributed by atoms with Gasteiger partial charge in [-0.3, -0.25) is 0 Å². The Morgan fingerprint density at radius 2 is 2.04 bits per heavy atom. The molecule has 1 fully saturated rings. The summed E-state index contributed by atoms with van der Waals surface area (Å²) in [6.45, 7) is 0. The number of phenolic OH excluding ortho intramolecular Hbond substituents is 1. The number of aromatic nitrogens is 2. The van der Waals surface area contributed by atoms with Crippen LogP contribution in [0, 0.1) is 0 Å². The summed E-state index contributed by atoms with van der Waals surface area (Å²) in [6.07, 6.45) is 0.738. The zero-order chi connectivity index (χ0) is 20.2. The molecular formula is C17H18F2N5O2PS. The Kier molecular flexibility index (Phi) is 4.62. The molecule has 1 aliphatic rings. The van der Waals surface area contributed by atoms with Crippen molar-refractivity contribution in [1.29, 1.82) is 0 Å². The maximum absolute atomic E-state index is 13.6. The molecule has 2 atom stereocenters. The highest BCUT2D eigenvalue weighted by Crippen LogP contribution is 2.44. The van der Waals surface area contributed by atoms with E-state index in [2.05, 4.69) is 15.3 Å². The fraction of sp³-hybridized carbons (Fsp3) is 0.294. The summed E-state index contributed by atoms with van der Waals surface area (Å²) in [4.78, 5) is 9.79. The molecule has 0 amide bonds. The van der Waals surface area contributed by atoms with E-state index in [0.717, 1.165) is 30.2 Å². The molecule has 11 heteroatoms. The Morgan fingerprint density at radius 3 is 2.61 bits per heavy atom. The number of nitrogen functional groups attached to an aromatic ring is 1. The maximum atomic E-state index is 13.6. The molecule has 0 spiro atoms. The second kappa shape index (κ2) is 6.73. The standard InChI is InChI=1S/C17H18F2N5O2PS/c18-17(19,27)8-4-1-6(5-9(8)25)12-10-11(20)13(14(21)26)28-15(10)24-16(23-12)22-7-2-3-7/h1,4-5,7,14,25-26H,2-3,20-21,27H2,(H,22,23,24). The summed E-state index contributed by atoms with van der Waals surface area (Å²) in [7, 11) is 1.40. The summed E-state index contributed by atoms with van der Waals surface area (Å²) in [6, 6.07) is 4.08. The van der Waals surface area contributed by atoms with Crippen LogP contribution >= 0.6 is 20.6 Å². The fourth-order valence-electron chi connectivity index (χ4n) is 2.90. The van der Waals surface area contributed by atoms with Gasteiger partial charge in [0.25, 0.3) is 5.66 Å². The fourth-order valence-corrected chi connectivity index (χ4v) is 4.13. The monoisotopic (exact) mass is 425 g/mol. The number of nitrogens with one attached hydrogen (secondary N) is 1. The molecule has 3 aromatic rings. The highest BCUT2D eigenvalue weighted by Gasteiger charge is 2.29. The number of hydrogen-bond donors (Lipinski definition) is 5. The number of nitrogens with two attached hydrogens (primary N) is 2. The number of alkyl halides is 2. The number of benzene rings is 1. The predicted octanol–water partition coefficient (Wildman–Crippen LogP) is 3.09. The molecule has 1 aromatic carbocycles. The number of halogens is 2. The molecular weight excluding hydrogens is 407 g/mol. The molecule has 0 aliphatic heterocycles. The number of hydrogen-bond acceptors (Lipinski definition) is 8. The number of aromatic hydroxyl groups is 1. The van der Waals surface area contributed by atoms with Crippen molar-refractivity contribution in [3.63, 3.8) is 0 Å². The van der Waals surface area contributed by atoms with Gasteiger partial charge in [0.2, 0.25) is 5.95 Å². The van der Waals surface area contributed by atoms with Gasteiger partial charge in [-0.05, 0) is 25.0 Å². The minimum Gasteiger partial charge on any atom is -0.507 e. The predicted molar refractivity (Wildman–Crippen MR) is 108 cm³/mol. The van der Waals surface area contributed by atoms with Gasteiger partial charge in [-0.2, -0.15) is 8.78 Å². The SMILES string of the molecule is Nc1c(C(N)O)sc2nc(NC3CC3)nc(-c3ccc(C(F)(F)P)c(O)c3)c12. The van der Waals surface area contributed by atoms with Gasteiger partial charge in [-0.25, -0.2) is 9.97 Å². The van der Waals surface area contributed by atoms with E-state index in [1.807, 2.05) is 0 Å². The highest BCUT2D eigenvalue weighted by molar-refractivity contribution is 7.19. The number of phenols is 1. The van der Waals surface area contributed by atoms with Crippen LogP contribution in [0.3, 0.4) is 0 Å². The average Bonchev–Trinajstić information content (AvgIpc) is 3.34. The highest BCUT2D eigenvalue weighted by atomic mass is 32.1. The third kappa shape index (κ3) is 3.48. The molecule has 4 rings (SSSR count). The molecule has 0 bridgehead atoms. The molecule has 7 nitrogen and oxygen atoms in total. The molecule has 28 heavy (non-hydrogen) atoms. The summed E-state index contributed by atoms with van der Waals surface area (Å²) >= 11 is 1.14. The average molecular weight is 425 g/mol. The lowest BCUT2D eigenvalue weighted by Crippen LogP contribution is -2.08. The van der Waals surface area contributed by atoms with Crippen molar-refractivity contribution in [2.24, 2.45) is 5.73 Å². The molecule has 2 heterocycles. The molecule has 2 aromatic heterocycles. The van der Waals surface area contributed by atoms with Crippen LogP contribution in [0.1, 0.15) is 29.5 Å². The van der Waals surface area contributed by atoms with Crippen molar-refractivity contribution in [2.45, 2.75) is 30.8 Å². The minimum atomic E-state index is -3.26. The summed E-state index contributed by atoms with van der Waals surface area (Å²) < 4.78 is 27.2. The number of rotatable bonds is 5. The molecule has 7 N–H and O–H groups in total. The van der Waals surface area contributed by atoms with E-state index in [-0.39, 0.29) is 11.7 Å². The van der Waals surface area contributed by atoms with Crippen LogP contribution in [0.5, 0.6) is 5.75 Å². The second-order valence-corrected chi connectivity index (χ2v) is 8.43. The minimum absolute atomic E-state index is 0.225. The van der Waals surface area contributed by atoms with Crippen molar-refractivity contribution < 1.29 is 19.0 Å². The molecule has 2 unspecified atom stereocenters. The van der Waals surface area contributed by atoms with E-state index in [0.29, 0.717) is 32.3 Å². The zero-order valence-corrected chi connectivity index (χ0v) is 16.5. The van der Waals surface area contributed by atoms with E-state index in [1.54, 1.807) is 0 Å². The smallest absolute Gasteiger partial charge is 0.287 e. The van der Waals surface area contributed by atoms with Gasteiger partial charge in [0, 0.05) is 11.6 Å². The first-order valence-electron chi connectivity index (χ1n) is 8.46. The van der Waals surface area contributed by atoms with Crippen LogP contribution in [0.2, 0.25) is 0 Å². The number of thiophene rings is 1. The van der Waals surface area contributed by atoms with Crippen LogP contribution in [-0.2, 0) is 5.66 Å². The first kappa shape index (κ1) is 19.2. The Bertz CT molecular complexity index is 1070. The zero-order valence-electron chi connectivity index (χ0n) is 14.5. The van der Waals surface area contributed by atoms with Crippen LogP contribution < -0.4 is 16.8 Å². The van der Waals surface area contributed by atoms with Crippen molar-refractivity contribution in [2.75, 3.05) is 11.1 Å². The van der Waals surface area contributed by atoms with E-state index in [9.17, 15) is 19.0 Å². The Morgan fingerprint density at radius 1 is 1.32 bits per heavy atom. The number of fused-ring (bicyclic) bond motifs is 1. The van der Waals surface area contributed by atoms with Gasteiger partial charge in [0.1, 0.15) is 16.8 Å². The summed E-state index contributed by atoms with van der Waals surface area (Å²) in [5.41, 5.74) is 8.95. The van der Waals surface area contributed by atoms with Crippen LogP contribution in [0.15, 0.2) is 18.2 Å². The maximum Gasteiger partial charge on any atom is 0.287 e. The Hall–Kier alpha value is -2.13. The molecule has 1 aliphatic carbocycles. The van der Waals surface area contributed by atoms with E-state index < -0.39 is 23.2 Å². The van der Waals surface area contributed by atoms with Crippen LogP contribution in [-0.4, -0.2) is 26.2 Å². The van der Waals surface area contributed by atoms with Crippen molar-refractivity contribution >= 4 is 42.4 Å². The first-order valence-corrected chi connectivity index (χ1v) is 9.85. The number of nitrogens with zero attached hydrogens (tertiary/aromatic N) is 2. The molecule has 148 valence electrons. The quantitative estimate of drug-likeness (QED) is 0.314. The Balaban J connectivity index is 1.92. The van der Waals surface area contributed by atoms with Crippen molar-refractivity contribution in [3.8, 4) is 17.0 Å². The van der Waals surface area contributed by atoms with Crippen molar-refractivity contribution in [1.82, 2.24) is 9.97 Å². The van der Waals surface area contributed by atoms with Gasteiger partial charge < -0.3 is 27.0 Å². The van der Waals surface area contributed by atoms with Crippen molar-refractivity contribution in [3.05, 3.63) is 28.6 Å². The normalized spacial score (nSPS) is 15.8. The third-order valence-electron chi connectivity index (χ3n) is 4.43. The number of aliphatic hydroxyl groups is 1. The molecule has 0 radical (unpaired) electrons. The lowest BCUT2D eigenvalue weighted by molar-refractivity contribution is 0.101. The number of aliphatic hydroxyl groups excluding tert-OH is 1. The van der Waals surface area contributed by atoms with Gasteiger partial charge in [0.15, 0.2) is 0 Å². The van der Waals surface area contributed by atoms with Gasteiger partial charge in [-0.15, -0.1) is 11.3 Å². The van der Waals surface area contributed by atoms with Gasteiger partial charge in [0.05, 0.1) is 27.2 Å². The molecule has 0 saturated heterocycles. The first-order chi connectivity index (χ1) is 13.1. The van der Waals surface area contributed by atoms with Crippen LogP contribution in [0.4, 0.5) is 20.4 Å². The number of anilines is 2. The Labute approximate surface area is 165 Å². The second-order valence-electron chi connectivity index (χ2n) is 6.67. The lowest BCUT2D eigenvalue weighted by Gasteiger charge is -2.14.